The van der Waals surface area contributed by atoms with E-state index in [0.717, 1.165) is 11.3 Å². The van der Waals surface area contributed by atoms with Crippen LogP contribution in [0.2, 0.25) is 0 Å². The van der Waals surface area contributed by atoms with E-state index in [1.807, 2.05) is 39.8 Å². The number of allylic oxidation sites excluding steroid dienone is 3. The second kappa shape index (κ2) is 8.28. The summed E-state index contributed by atoms with van der Waals surface area (Å²) in [5.41, 5.74) is 2.23. The normalized spacial score (nSPS) is 10.9. The summed E-state index contributed by atoms with van der Waals surface area (Å²) >= 11 is 0. The molecule has 1 rings (SSSR count). The molecule has 0 aliphatic heterocycles. The summed E-state index contributed by atoms with van der Waals surface area (Å²) < 4.78 is 0. The molecular formula is C14H20N2O. The van der Waals surface area contributed by atoms with Crippen molar-refractivity contribution in [2.75, 3.05) is 0 Å². The Bertz CT molecular complexity index is 420. The molecule has 92 valence electrons. The first-order chi connectivity index (χ1) is 8.13. The van der Waals surface area contributed by atoms with Crippen LogP contribution in [0.4, 0.5) is 0 Å². The topological polar surface area (TPSA) is 45.5 Å². The van der Waals surface area contributed by atoms with E-state index in [9.17, 15) is 5.11 Å². The van der Waals surface area contributed by atoms with E-state index in [0.29, 0.717) is 5.70 Å². The number of aliphatic imine (C=N–C) groups is 1. The standard InChI is InChI=1S/C12H14N2O.C2H6/c1-4-5-12(14-9(2)3)10-6-11(15)8-13-7-10;1-2/h4-8,15H,2H2,1,3H3;1-2H3/b5-4-,14-12?;. The number of hydrogen-bond donors (Lipinski definition) is 1. The van der Waals surface area contributed by atoms with Crippen LogP contribution < -0.4 is 0 Å². The molecule has 17 heavy (non-hydrogen) atoms. The summed E-state index contributed by atoms with van der Waals surface area (Å²) in [5.74, 6) is 0.131. The van der Waals surface area contributed by atoms with Crippen LogP contribution in [0.3, 0.4) is 0 Å². The van der Waals surface area contributed by atoms with Crippen molar-refractivity contribution in [2.45, 2.75) is 27.7 Å². The number of hydrogen-bond acceptors (Lipinski definition) is 3. The Kier molecular flexibility index (Phi) is 7.35. The predicted octanol–water partition coefficient (Wildman–Crippen LogP) is 3.71. The lowest BCUT2D eigenvalue weighted by Crippen LogP contribution is -1.97. The number of aromatic nitrogens is 1. The summed E-state index contributed by atoms with van der Waals surface area (Å²) in [6.45, 7) is 11.4. The smallest absolute Gasteiger partial charge is 0.134 e. The molecule has 3 nitrogen and oxygen atoms in total. The Morgan fingerprint density at radius 1 is 1.41 bits per heavy atom. The van der Waals surface area contributed by atoms with Gasteiger partial charge in [0.2, 0.25) is 0 Å². The van der Waals surface area contributed by atoms with Crippen LogP contribution in [0, 0.1) is 0 Å². The summed E-state index contributed by atoms with van der Waals surface area (Å²) in [5, 5.41) is 9.30. The first-order valence-electron chi connectivity index (χ1n) is 5.64. The molecule has 0 saturated heterocycles. The van der Waals surface area contributed by atoms with Gasteiger partial charge in [0.05, 0.1) is 11.9 Å². The maximum absolute atomic E-state index is 9.30. The van der Waals surface area contributed by atoms with Crippen LogP contribution in [0.25, 0.3) is 0 Å². The highest BCUT2D eigenvalue weighted by Gasteiger charge is 2.01. The Labute approximate surface area is 103 Å². The lowest BCUT2D eigenvalue weighted by Gasteiger charge is -2.01. The van der Waals surface area contributed by atoms with E-state index in [4.69, 9.17) is 0 Å². The Hall–Kier alpha value is -1.90. The molecule has 0 aliphatic carbocycles. The van der Waals surface area contributed by atoms with Gasteiger partial charge in [-0.25, -0.2) is 0 Å². The van der Waals surface area contributed by atoms with Crippen molar-refractivity contribution < 1.29 is 5.11 Å². The van der Waals surface area contributed by atoms with Crippen molar-refractivity contribution in [2.24, 2.45) is 4.99 Å². The van der Waals surface area contributed by atoms with Gasteiger partial charge in [-0.15, -0.1) is 0 Å². The molecule has 0 bridgehead atoms. The molecule has 1 heterocycles. The number of nitrogens with zero attached hydrogens (tertiary/aromatic N) is 2. The van der Waals surface area contributed by atoms with Crippen LogP contribution >= 0.6 is 0 Å². The number of aromatic hydroxyl groups is 1. The molecule has 0 spiro atoms. The van der Waals surface area contributed by atoms with Crippen molar-refractivity contribution in [3.8, 4) is 5.75 Å². The summed E-state index contributed by atoms with van der Waals surface area (Å²) in [6.07, 6.45) is 6.77. The van der Waals surface area contributed by atoms with E-state index in [1.165, 1.54) is 6.20 Å². The molecule has 0 unspecified atom stereocenters. The van der Waals surface area contributed by atoms with Gasteiger partial charge in [-0.3, -0.25) is 9.98 Å². The van der Waals surface area contributed by atoms with Crippen molar-refractivity contribution >= 4 is 5.71 Å². The van der Waals surface area contributed by atoms with Crippen LogP contribution in [0.5, 0.6) is 5.75 Å². The van der Waals surface area contributed by atoms with Gasteiger partial charge < -0.3 is 5.11 Å². The number of rotatable bonds is 3. The largest absolute Gasteiger partial charge is 0.506 e. The van der Waals surface area contributed by atoms with E-state index in [-0.39, 0.29) is 5.75 Å². The van der Waals surface area contributed by atoms with Gasteiger partial charge in [0.25, 0.3) is 0 Å². The highest BCUT2D eigenvalue weighted by atomic mass is 16.3. The molecule has 0 amide bonds. The quantitative estimate of drug-likeness (QED) is 0.807. The molecule has 0 radical (unpaired) electrons. The maximum Gasteiger partial charge on any atom is 0.134 e. The minimum atomic E-state index is 0.131. The van der Waals surface area contributed by atoms with Crippen LogP contribution in [0.1, 0.15) is 33.3 Å². The van der Waals surface area contributed by atoms with E-state index in [1.54, 1.807) is 12.3 Å². The summed E-state index contributed by atoms with van der Waals surface area (Å²) in [4.78, 5) is 8.16. The summed E-state index contributed by atoms with van der Waals surface area (Å²) in [6, 6.07) is 1.62. The number of pyridine rings is 1. The third-order valence-corrected chi connectivity index (χ3v) is 1.66. The highest BCUT2D eigenvalue weighted by Crippen LogP contribution is 2.11. The second-order valence-electron chi connectivity index (χ2n) is 3.16. The molecule has 1 aromatic rings. The highest BCUT2D eigenvalue weighted by molar-refractivity contribution is 6.09. The zero-order chi connectivity index (χ0) is 13.3. The zero-order valence-corrected chi connectivity index (χ0v) is 10.9. The molecular weight excluding hydrogens is 212 g/mol. The van der Waals surface area contributed by atoms with E-state index in [2.05, 4.69) is 16.6 Å². The van der Waals surface area contributed by atoms with E-state index < -0.39 is 0 Å². The molecule has 1 aromatic heterocycles. The maximum atomic E-state index is 9.30. The fourth-order valence-corrected chi connectivity index (χ4v) is 1.13. The first kappa shape index (κ1) is 15.1. The lowest BCUT2D eigenvalue weighted by molar-refractivity contribution is 0.472. The second-order valence-corrected chi connectivity index (χ2v) is 3.16. The van der Waals surface area contributed by atoms with Crippen LogP contribution in [-0.2, 0) is 0 Å². The van der Waals surface area contributed by atoms with Gasteiger partial charge in [0.15, 0.2) is 0 Å². The van der Waals surface area contributed by atoms with Crippen molar-refractivity contribution in [1.82, 2.24) is 4.98 Å². The van der Waals surface area contributed by atoms with Gasteiger partial charge in [-0.2, -0.15) is 0 Å². The third-order valence-electron chi connectivity index (χ3n) is 1.66. The average Bonchev–Trinajstić information content (AvgIpc) is 2.30. The first-order valence-corrected chi connectivity index (χ1v) is 5.64. The Balaban J connectivity index is 0.00000121. The minimum absolute atomic E-state index is 0.131. The minimum Gasteiger partial charge on any atom is -0.506 e. The van der Waals surface area contributed by atoms with Crippen LogP contribution in [-0.4, -0.2) is 15.8 Å². The molecule has 0 aromatic carbocycles. The van der Waals surface area contributed by atoms with Gasteiger partial charge >= 0.3 is 0 Å². The molecule has 0 saturated carbocycles. The van der Waals surface area contributed by atoms with Gasteiger partial charge in [0, 0.05) is 17.5 Å². The summed E-state index contributed by atoms with van der Waals surface area (Å²) in [7, 11) is 0. The zero-order valence-electron chi connectivity index (χ0n) is 10.9. The SMILES string of the molecule is C=C(C)N=C(/C=C\C)c1cncc(O)c1.CC. The molecule has 1 N–H and O–H groups in total. The Morgan fingerprint density at radius 3 is 2.53 bits per heavy atom. The predicted molar refractivity (Wildman–Crippen MR) is 73.4 cm³/mol. The third kappa shape index (κ3) is 5.66. The molecule has 0 fully saturated rings. The van der Waals surface area contributed by atoms with Crippen molar-refractivity contribution in [1.29, 1.82) is 0 Å². The van der Waals surface area contributed by atoms with Gasteiger partial charge in [-0.1, -0.05) is 26.5 Å². The monoisotopic (exact) mass is 232 g/mol. The van der Waals surface area contributed by atoms with Crippen LogP contribution in [0.15, 0.2) is 47.9 Å². The van der Waals surface area contributed by atoms with Gasteiger partial charge in [-0.05, 0) is 26.0 Å². The van der Waals surface area contributed by atoms with E-state index >= 15 is 0 Å². The lowest BCUT2D eigenvalue weighted by atomic mass is 10.1. The molecule has 0 aliphatic rings. The van der Waals surface area contributed by atoms with Gasteiger partial charge in [0.1, 0.15) is 5.75 Å². The Morgan fingerprint density at radius 2 is 2.06 bits per heavy atom. The fraction of sp³-hybridized carbons (Fsp3) is 0.286. The van der Waals surface area contributed by atoms with Crippen molar-refractivity contribution in [3.63, 3.8) is 0 Å². The molecule has 3 heteroatoms. The fourth-order valence-electron chi connectivity index (χ4n) is 1.13. The van der Waals surface area contributed by atoms with Crippen molar-refractivity contribution in [3.05, 3.63) is 48.5 Å². The molecule has 0 atom stereocenters. The average molecular weight is 232 g/mol.